The van der Waals surface area contributed by atoms with E-state index in [2.05, 4.69) is 60.3 Å². The van der Waals surface area contributed by atoms with Crippen molar-refractivity contribution in [2.45, 2.75) is 33.1 Å². The molecular formula is C16H18N4. The Kier molecular flexibility index (Phi) is 2.82. The molecule has 0 saturated carbocycles. The van der Waals surface area contributed by atoms with Crippen molar-refractivity contribution in [1.29, 1.82) is 0 Å². The summed E-state index contributed by atoms with van der Waals surface area (Å²) in [7, 11) is 0. The fourth-order valence-electron chi connectivity index (χ4n) is 2.19. The van der Waals surface area contributed by atoms with Crippen LogP contribution in [-0.2, 0) is 5.41 Å². The third-order valence-corrected chi connectivity index (χ3v) is 3.47. The molecule has 0 saturated heterocycles. The van der Waals surface area contributed by atoms with Gasteiger partial charge in [0, 0.05) is 5.56 Å². The molecule has 102 valence electrons. The summed E-state index contributed by atoms with van der Waals surface area (Å²) in [5, 5.41) is 12.7. The predicted molar refractivity (Wildman–Crippen MR) is 79.7 cm³/mol. The van der Waals surface area contributed by atoms with Gasteiger partial charge >= 0.3 is 0 Å². The first-order valence-corrected chi connectivity index (χ1v) is 6.75. The summed E-state index contributed by atoms with van der Waals surface area (Å²) in [5.41, 5.74) is 4.30. The van der Waals surface area contributed by atoms with E-state index < -0.39 is 0 Å². The van der Waals surface area contributed by atoms with Crippen LogP contribution in [0.5, 0.6) is 0 Å². The van der Waals surface area contributed by atoms with Crippen LogP contribution in [0.15, 0.2) is 36.4 Å². The highest BCUT2D eigenvalue weighted by Gasteiger charge is 2.13. The van der Waals surface area contributed by atoms with Gasteiger partial charge in [-0.15, -0.1) is 10.2 Å². The van der Waals surface area contributed by atoms with Crippen molar-refractivity contribution in [1.82, 2.24) is 19.8 Å². The predicted octanol–water partition coefficient (Wildman–Crippen LogP) is 3.40. The molecule has 2 aromatic heterocycles. The van der Waals surface area contributed by atoms with Crippen LogP contribution >= 0.6 is 0 Å². The summed E-state index contributed by atoms with van der Waals surface area (Å²) < 4.78 is 1.77. The highest BCUT2D eigenvalue weighted by Crippen LogP contribution is 2.25. The van der Waals surface area contributed by atoms with Crippen LogP contribution in [0, 0.1) is 6.92 Å². The van der Waals surface area contributed by atoms with E-state index in [4.69, 9.17) is 0 Å². The summed E-state index contributed by atoms with van der Waals surface area (Å²) in [4.78, 5) is 0. The SMILES string of the molecule is Cc1nnc2ccc(-c3ccc(C(C)(C)C)cc3)nn12. The van der Waals surface area contributed by atoms with Crippen molar-refractivity contribution in [2.24, 2.45) is 0 Å². The summed E-state index contributed by atoms with van der Waals surface area (Å²) in [5.74, 6) is 0.799. The van der Waals surface area contributed by atoms with Gasteiger partial charge < -0.3 is 0 Å². The molecule has 0 unspecified atom stereocenters. The number of benzene rings is 1. The van der Waals surface area contributed by atoms with E-state index in [1.54, 1.807) is 4.52 Å². The summed E-state index contributed by atoms with van der Waals surface area (Å²) >= 11 is 0. The van der Waals surface area contributed by atoms with Gasteiger partial charge in [0.15, 0.2) is 11.5 Å². The third-order valence-electron chi connectivity index (χ3n) is 3.47. The van der Waals surface area contributed by atoms with Crippen LogP contribution < -0.4 is 0 Å². The molecule has 0 bridgehead atoms. The second-order valence-electron chi connectivity index (χ2n) is 6.06. The number of rotatable bonds is 1. The van der Waals surface area contributed by atoms with Crippen molar-refractivity contribution in [3.8, 4) is 11.3 Å². The molecule has 0 atom stereocenters. The van der Waals surface area contributed by atoms with E-state index in [-0.39, 0.29) is 5.41 Å². The van der Waals surface area contributed by atoms with E-state index >= 15 is 0 Å². The molecule has 0 N–H and O–H groups in total. The average molecular weight is 266 g/mol. The van der Waals surface area contributed by atoms with Gasteiger partial charge in [-0.1, -0.05) is 45.0 Å². The lowest BCUT2D eigenvalue weighted by molar-refractivity contribution is 0.590. The number of aromatic nitrogens is 4. The lowest BCUT2D eigenvalue weighted by Gasteiger charge is -2.19. The van der Waals surface area contributed by atoms with Crippen LogP contribution in [0.25, 0.3) is 16.9 Å². The topological polar surface area (TPSA) is 43.1 Å². The molecule has 4 heteroatoms. The molecule has 0 radical (unpaired) electrons. The minimum absolute atomic E-state index is 0.167. The molecule has 4 nitrogen and oxygen atoms in total. The van der Waals surface area contributed by atoms with E-state index in [9.17, 15) is 0 Å². The zero-order valence-corrected chi connectivity index (χ0v) is 12.3. The maximum Gasteiger partial charge on any atom is 0.177 e. The van der Waals surface area contributed by atoms with Crippen LogP contribution in [0.3, 0.4) is 0 Å². The van der Waals surface area contributed by atoms with Crippen molar-refractivity contribution in [2.75, 3.05) is 0 Å². The maximum atomic E-state index is 4.59. The molecule has 2 heterocycles. The lowest BCUT2D eigenvalue weighted by Crippen LogP contribution is -2.10. The molecule has 1 aromatic carbocycles. The fraction of sp³-hybridized carbons (Fsp3) is 0.312. The zero-order chi connectivity index (χ0) is 14.3. The van der Waals surface area contributed by atoms with Crippen LogP contribution in [0.4, 0.5) is 0 Å². The van der Waals surface area contributed by atoms with Crippen LogP contribution in [0.1, 0.15) is 32.2 Å². The Morgan fingerprint density at radius 1 is 0.900 bits per heavy atom. The first-order valence-electron chi connectivity index (χ1n) is 6.75. The first kappa shape index (κ1) is 12.8. The van der Waals surface area contributed by atoms with Gasteiger partial charge in [0.05, 0.1) is 5.69 Å². The van der Waals surface area contributed by atoms with Crippen molar-refractivity contribution >= 4 is 5.65 Å². The molecule has 0 aliphatic carbocycles. The van der Waals surface area contributed by atoms with Gasteiger partial charge in [0.1, 0.15) is 0 Å². The Labute approximate surface area is 118 Å². The van der Waals surface area contributed by atoms with Crippen molar-refractivity contribution in [3.63, 3.8) is 0 Å². The minimum Gasteiger partial charge on any atom is -0.197 e. The fourth-order valence-corrected chi connectivity index (χ4v) is 2.19. The van der Waals surface area contributed by atoms with Gasteiger partial charge in [-0.2, -0.15) is 9.61 Å². The Hall–Kier alpha value is -2.23. The lowest BCUT2D eigenvalue weighted by atomic mass is 9.86. The Morgan fingerprint density at radius 3 is 2.25 bits per heavy atom. The van der Waals surface area contributed by atoms with E-state index in [0.717, 1.165) is 22.7 Å². The highest BCUT2D eigenvalue weighted by molar-refractivity contribution is 5.60. The van der Waals surface area contributed by atoms with Gasteiger partial charge in [0.2, 0.25) is 0 Å². The number of hydrogen-bond donors (Lipinski definition) is 0. The number of hydrogen-bond acceptors (Lipinski definition) is 3. The third kappa shape index (κ3) is 2.18. The molecule has 0 aliphatic rings. The van der Waals surface area contributed by atoms with Gasteiger partial charge in [-0.05, 0) is 30.0 Å². The monoisotopic (exact) mass is 266 g/mol. The Bertz CT molecular complexity index is 748. The average Bonchev–Trinajstić information content (AvgIpc) is 2.79. The summed E-state index contributed by atoms with van der Waals surface area (Å²) in [6, 6.07) is 12.5. The summed E-state index contributed by atoms with van der Waals surface area (Å²) in [6.07, 6.45) is 0. The largest absolute Gasteiger partial charge is 0.197 e. The van der Waals surface area contributed by atoms with E-state index in [1.807, 2.05) is 19.1 Å². The second kappa shape index (κ2) is 4.40. The van der Waals surface area contributed by atoms with Gasteiger partial charge in [-0.3, -0.25) is 0 Å². The summed E-state index contributed by atoms with van der Waals surface area (Å²) in [6.45, 7) is 8.55. The number of aryl methyl sites for hydroxylation is 1. The molecule has 0 aliphatic heterocycles. The number of nitrogens with zero attached hydrogens (tertiary/aromatic N) is 4. The standard InChI is InChI=1S/C16H18N4/c1-11-17-18-15-10-9-14(19-20(11)15)12-5-7-13(8-6-12)16(2,3)4/h5-10H,1-4H3. The first-order chi connectivity index (χ1) is 9.45. The molecule has 3 rings (SSSR count). The van der Waals surface area contributed by atoms with E-state index in [0.29, 0.717) is 0 Å². The molecular weight excluding hydrogens is 248 g/mol. The van der Waals surface area contributed by atoms with Crippen molar-refractivity contribution in [3.05, 3.63) is 47.8 Å². The number of fused-ring (bicyclic) bond motifs is 1. The molecule has 20 heavy (non-hydrogen) atoms. The highest BCUT2D eigenvalue weighted by atomic mass is 15.4. The van der Waals surface area contributed by atoms with Crippen LogP contribution in [-0.4, -0.2) is 19.8 Å². The van der Waals surface area contributed by atoms with Gasteiger partial charge in [0.25, 0.3) is 0 Å². The molecule has 3 aromatic rings. The smallest absolute Gasteiger partial charge is 0.177 e. The Balaban J connectivity index is 2.04. The maximum absolute atomic E-state index is 4.59. The molecule has 0 amide bonds. The zero-order valence-electron chi connectivity index (χ0n) is 12.3. The normalized spacial score (nSPS) is 12.0. The second-order valence-corrected chi connectivity index (χ2v) is 6.06. The van der Waals surface area contributed by atoms with Crippen LogP contribution in [0.2, 0.25) is 0 Å². The van der Waals surface area contributed by atoms with Crippen molar-refractivity contribution < 1.29 is 0 Å². The minimum atomic E-state index is 0.167. The Morgan fingerprint density at radius 2 is 1.60 bits per heavy atom. The van der Waals surface area contributed by atoms with Gasteiger partial charge in [-0.25, -0.2) is 0 Å². The quantitative estimate of drug-likeness (QED) is 0.678. The van der Waals surface area contributed by atoms with E-state index in [1.165, 1.54) is 5.56 Å². The molecule has 0 fully saturated rings. The molecule has 0 spiro atoms.